The standard InChI is InChI=1S/C23H26N4O2/c1-26-12-8-17-18-15-16(29-2)6-7-19(18)25-21(17)23(26)9-13-27(14-10-23)22(28)20-5-3-4-11-24-20/h3-7,11,15,25H,8-10,12-14H2,1-2H3. The monoisotopic (exact) mass is 390 g/mol. The maximum Gasteiger partial charge on any atom is 0.272 e. The van der Waals surface area contributed by atoms with Gasteiger partial charge in [0.25, 0.3) is 5.91 Å². The predicted molar refractivity (Wildman–Crippen MR) is 112 cm³/mol. The van der Waals surface area contributed by atoms with Gasteiger partial charge in [-0.3, -0.25) is 14.7 Å². The lowest BCUT2D eigenvalue weighted by atomic mass is 9.78. The summed E-state index contributed by atoms with van der Waals surface area (Å²) in [4.78, 5) is 25.2. The average molecular weight is 390 g/mol. The number of hydrogen-bond acceptors (Lipinski definition) is 4. The molecule has 1 N–H and O–H groups in total. The molecule has 1 saturated heterocycles. The Labute approximate surface area is 170 Å². The number of H-pyrrole nitrogens is 1. The number of fused-ring (bicyclic) bond motifs is 4. The number of methoxy groups -OCH3 is 1. The first kappa shape index (κ1) is 18.2. The third kappa shape index (κ3) is 2.82. The fourth-order valence-corrected chi connectivity index (χ4v) is 5.06. The summed E-state index contributed by atoms with van der Waals surface area (Å²) in [6.45, 7) is 2.49. The molecule has 0 atom stereocenters. The van der Waals surface area contributed by atoms with E-state index in [2.05, 4.69) is 34.0 Å². The Kier molecular flexibility index (Phi) is 4.32. The third-order valence-corrected chi connectivity index (χ3v) is 6.77. The third-order valence-electron chi connectivity index (χ3n) is 6.77. The zero-order valence-electron chi connectivity index (χ0n) is 16.9. The van der Waals surface area contributed by atoms with E-state index in [4.69, 9.17) is 4.74 Å². The first-order chi connectivity index (χ1) is 14.1. The summed E-state index contributed by atoms with van der Waals surface area (Å²) in [7, 11) is 3.93. The van der Waals surface area contributed by atoms with Crippen molar-refractivity contribution in [3.05, 3.63) is 59.5 Å². The number of likely N-dealkylation sites (tertiary alicyclic amines) is 1. The highest BCUT2D eigenvalue weighted by Gasteiger charge is 2.45. The lowest BCUT2D eigenvalue weighted by molar-refractivity contribution is 0.0229. The van der Waals surface area contributed by atoms with Crippen molar-refractivity contribution >= 4 is 16.8 Å². The molecular weight excluding hydrogens is 364 g/mol. The molecule has 29 heavy (non-hydrogen) atoms. The van der Waals surface area contributed by atoms with Crippen LogP contribution < -0.4 is 4.74 Å². The van der Waals surface area contributed by atoms with Gasteiger partial charge >= 0.3 is 0 Å². The van der Waals surface area contributed by atoms with Gasteiger partial charge in [-0.1, -0.05) is 6.07 Å². The van der Waals surface area contributed by atoms with Crippen molar-refractivity contribution in [2.75, 3.05) is 33.8 Å². The van der Waals surface area contributed by atoms with Crippen molar-refractivity contribution in [3.8, 4) is 5.75 Å². The molecule has 1 spiro atoms. The molecule has 6 nitrogen and oxygen atoms in total. The van der Waals surface area contributed by atoms with Gasteiger partial charge in [0.05, 0.1) is 12.6 Å². The van der Waals surface area contributed by atoms with Gasteiger partial charge in [0.2, 0.25) is 0 Å². The van der Waals surface area contributed by atoms with E-state index in [1.807, 2.05) is 23.1 Å². The van der Waals surface area contributed by atoms with E-state index in [0.717, 1.165) is 50.2 Å². The smallest absolute Gasteiger partial charge is 0.272 e. The van der Waals surface area contributed by atoms with Crippen molar-refractivity contribution in [3.63, 3.8) is 0 Å². The second-order valence-electron chi connectivity index (χ2n) is 8.10. The SMILES string of the molecule is COc1ccc2[nH]c3c(c2c1)CCN(C)C31CCN(C(=O)c2ccccn2)CC1. The van der Waals surface area contributed by atoms with Gasteiger partial charge in [0, 0.05) is 42.4 Å². The van der Waals surface area contributed by atoms with Gasteiger partial charge in [0.1, 0.15) is 11.4 Å². The molecule has 1 fully saturated rings. The number of ether oxygens (including phenoxy) is 1. The topological polar surface area (TPSA) is 61.5 Å². The number of aromatic amines is 1. The van der Waals surface area contributed by atoms with Crippen LogP contribution in [0.25, 0.3) is 10.9 Å². The Bertz CT molecular complexity index is 1050. The first-order valence-corrected chi connectivity index (χ1v) is 10.2. The molecule has 0 radical (unpaired) electrons. The van der Waals surface area contributed by atoms with Crippen molar-refractivity contribution in [1.82, 2.24) is 19.8 Å². The van der Waals surface area contributed by atoms with Crippen molar-refractivity contribution in [2.45, 2.75) is 24.8 Å². The molecule has 3 aromatic rings. The average Bonchev–Trinajstić information content (AvgIpc) is 3.16. The second-order valence-corrected chi connectivity index (χ2v) is 8.10. The van der Waals surface area contributed by atoms with E-state index in [1.165, 1.54) is 16.6 Å². The molecule has 0 saturated carbocycles. The van der Waals surface area contributed by atoms with E-state index < -0.39 is 0 Å². The van der Waals surface area contributed by atoms with Crippen LogP contribution >= 0.6 is 0 Å². The fourth-order valence-electron chi connectivity index (χ4n) is 5.06. The predicted octanol–water partition coefficient (Wildman–Crippen LogP) is 3.19. The minimum atomic E-state index is -0.0548. The lowest BCUT2D eigenvalue weighted by Gasteiger charge is -2.49. The largest absolute Gasteiger partial charge is 0.497 e. The number of carbonyl (C=O) groups excluding carboxylic acids is 1. The Morgan fingerprint density at radius 2 is 2.00 bits per heavy atom. The zero-order valence-corrected chi connectivity index (χ0v) is 16.9. The zero-order chi connectivity index (χ0) is 20.0. The molecule has 1 aromatic carbocycles. The number of benzene rings is 1. The molecule has 150 valence electrons. The van der Waals surface area contributed by atoms with Gasteiger partial charge in [-0.2, -0.15) is 0 Å². The van der Waals surface area contributed by atoms with Crippen LogP contribution in [0.4, 0.5) is 0 Å². The molecular formula is C23H26N4O2. The van der Waals surface area contributed by atoms with E-state index in [1.54, 1.807) is 19.4 Å². The number of nitrogens with one attached hydrogen (secondary N) is 1. The highest BCUT2D eigenvalue weighted by Crippen LogP contribution is 2.45. The summed E-state index contributed by atoms with van der Waals surface area (Å²) in [5.74, 6) is 0.920. The van der Waals surface area contributed by atoms with Gasteiger partial charge in [-0.15, -0.1) is 0 Å². The van der Waals surface area contributed by atoms with Gasteiger partial charge in [-0.05, 0) is 62.2 Å². The molecule has 1 amide bonds. The molecule has 6 heteroatoms. The summed E-state index contributed by atoms with van der Waals surface area (Å²) < 4.78 is 5.45. The summed E-state index contributed by atoms with van der Waals surface area (Å²) in [6.07, 6.45) is 4.54. The van der Waals surface area contributed by atoms with E-state index in [9.17, 15) is 4.79 Å². The van der Waals surface area contributed by atoms with E-state index >= 15 is 0 Å². The minimum Gasteiger partial charge on any atom is -0.497 e. The van der Waals surface area contributed by atoms with Crippen LogP contribution in [-0.4, -0.2) is 59.5 Å². The molecule has 4 heterocycles. The number of aromatic nitrogens is 2. The normalized spacial score (nSPS) is 18.8. The van der Waals surface area contributed by atoms with E-state index in [0.29, 0.717) is 5.69 Å². The van der Waals surface area contributed by atoms with Crippen LogP contribution in [0.5, 0.6) is 5.75 Å². The number of amides is 1. The van der Waals surface area contributed by atoms with Gasteiger partial charge in [-0.25, -0.2) is 0 Å². The number of nitrogens with zero attached hydrogens (tertiary/aromatic N) is 3. The molecule has 2 aliphatic heterocycles. The summed E-state index contributed by atoms with van der Waals surface area (Å²) in [6, 6.07) is 11.8. The van der Waals surface area contributed by atoms with Crippen LogP contribution in [-0.2, 0) is 12.0 Å². The molecule has 0 aliphatic carbocycles. The summed E-state index contributed by atoms with van der Waals surface area (Å²) in [5.41, 5.74) is 4.36. The highest BCUT2D eigenvalue weighted by molar-refractivity contribution is 5.92. The van der Waals surface area contributed by atoms with Crippen LogP contribution in [0, 0.1) is 0 Å². The number of piperidine rings is 1. The summed E-state index contributed by atoms with van der Waals surface area (Å²) in [5, 5.41) is 1.26. The van der Waals surface area contributed by atoms with Crippen molar-refractivity contribution in [2.24, 2.45) is 0 Å². The molecule has 2 aliphatic rings. The second kappa shape index (κ2) is 6.88. The Balaban J connectivity index is 1.47. The molecule has 2 aromatic heterocycles. The van der Waals surface area contributed by atoms with Gasteiger partial charge < -0.3 is 14.6 Å². The fraction of sp³-hybridized carbons (Fsp3) is 0.391. The summed E-state index contributed by atoms with van der Waals surface area (Å²) >= 11 is 0. The van der Waals surface area contributed by atoms with Gasteiger partial charge in [0.15, 0.2) is 0 Å². The number of pyridine rings is 1. The molecule has 0 unspecified atom stereocenters. The van der Waals surface area contributed by atoms with Crippen LogP contribution in [0.1, 0.15) is 34.6 Å². The van der Waals surface area contributed by atoms with Crippen molar-refractivity contribution in [1.29, 1.82) is 0 Å². The quantitative estimate of drug-likeness (QED) is 0.730. The highest BCUT2D eigenvalue weighted by atomic mass is 16.5. The number of hydrogen-bond donors (Lipinski definition) is 1. The maximum absolute atomic E-state index is 12.8. The first-order valence-electron chi connectivity index (χ1n) is 10.2. The van der Waals surface area contributed by atoms with Crippen LogP contribution in [0.3, 0.4) is 0 Å². The van der Waals surface area contributed by atoms with Crippen LogP contribution in [0.2, 0.25) is 0 Å². The Morgan fingerprint density at radius 3 is 2.72 bits per heavy atom. The minimum absolute atomic E-state index is 0.0283. The van der Waals surface area contributed by atoms with E-state index in [-0.39, 0.29) is 11.4 Å². The number of rotatable bonds is 2. The number of carbonyl (C=O) groups is 1. The maximum atomic E-state index is 12.8. The Hall–Kier alpha value is -2.86. The number of likely N-dealkylation sites (N-methyl/N-ethyl adjacent to an activating group) is 1. The van der Waals surface area contributed by atoms with Crippen molar-refractivity contribution < 1.29 is 9.53 Å². The molecule has 0 bridgehead atoms. The Morgan fingerprint density at radius 1 is 1.17 bits per heavy atom. The lowest BCUT2D eigenvalue weighted by Crippen LogP contribution is -2.55. The molecule has 5 rings (SSSR count). The van der Waals surface area contributed by atoms with Crippen LogP contribution in [0.15, 0.2) is 42.6 Å².